The third kappa shape index (κ3) is 3.88. The average molecular weight is 237 g/mol. The van der Waals surface area contributed by atoms with Crippen LogP contribution in [0, 0.1) is 5.41 Å². The first kappa shape index (κ1) is 13.2. The van der Waals surface area contributed by atoms with Crippen LogP contribution in [0.4, 0.5) is 0 Å². The number of phenolic OH excluding ortho intramolecular Hbond substituents is 1. The van der Waals surface area contributed by atoms with Crippen LogP contribution in [0.5, 0.6) is 5.75 Å². The van der Waals surface area contributed by atoms with Crippen molar-refractivity contribution < 1.29 is 20.1 Å². The van der Waals surface area contributed by atoms with Crippen molar-refractivity contribution in [3.05, 3.63) is 29.8 Å². The molecule has 1 atom stereocenters. The molecule has 0 amide bonds. The summed E-state index contributed by atoms with van der Waals surface area (Å²) in [6, 6.07) is 6.09. The quantitative estimate of drug-likeness (QED) is 0.561. The van der Waals surface area contributed by atoms with Gasteiger partial charge in [-0.25, -0.2) is 0 Å². The molecular formula is C12H15NO4. The van der Waals surface area contributed by atoms with Crippen LogP contribution in [-0.2, 0) is 4.79 Å². The van der Waals surface area contributed by atoms with Gasteiger partial charge in [0, 0.05) is 24.7 Å². The molecule has 0 bridgehead atoms. The SMILES string of the molecule is N=C(CCO)C(CC(=O)O)c1ccc(O)cc1. The number of aromatic hydroxyl groups is 1. The zero-order valence-corrected chi connectivity index (χ0v) is 9.26. The summed E-state index contributed by atoms with van der Waals surface area (Å²) in [4.78, 5) is 10.8. The van der Waals surface area contributed by atoms with E-state index in [0.717, 1.165) is 0 Å². The van der Waals surface area contributed by atoms with Gasteiger partial charge in [-0.2, -0.15) is 0 Å². The lowest BCUT2D eigenvalue weighted by Gasteiger charge is -2.16. The fraction of sp³-hybridized carbons (Fsp3) is 0.333. The van der Waals surface area contributed by atoms with E-state index in [2.05, 4.69) is 0 Å². The molecule has 0 aliphatic rings. The van der Waals surface area contributed by atoms with Gasteiger partial charge in [-0.1, -0.05) is 12.1 Å². The Kier molecular flexibility index (Phi) is 4.66. The summed E-state index contributed by atoms with van der Waals surface area (Å²) in [6.45, 7) is -0.174. The normalized spacial score (nSPS) is 12.1. The maximum Gasteiger partial charge on any atom is 0.304 e. The Balaban J connectivity index is 2.92. The minimum Gasteiger partial charge on any atom is -0.508 e. The number of hydrogen-bond acceptors (Lipinski definition) is 4. The largest absolute Gasteiger partial charge is 0.508 e. The highest BCUT2D eigenvalue weighted by Crippen LogP contribution is 2.24. The van der Waals surface area contributed by atoms with Gasteiger partial charge in [0.2, 0.25) is 0 Å². The molecule has 0 saturated heterocycles. The molecule has 0 aliphatic carbocycles. The molecule has 0 fully saturated rings. The molecule has 0 saturated carbocycles. The molecular weight excluding hydrogens is 222 g/mol. The van der Waals surface area contributed by atoms with Gasteiger partial charge in [-0.15, -0.1) is 0 Å². The van der Waals surface area contributed by atoms with Crippen LogP contribution in [0.2, 0.25) is 0 Å². The summed E-state index contributed by atoms with van der Waals surface area (Å²) in [5, 5.41) is 34.5. The number of carbonyl (C=O) groups is 1. The number of aliphatic carboxylic acids is 1. The molecule has 4 N–H and O–H groups in total. The molecule has 0 heterocycles. The molecule has 92 valence electrons. The van der Waals surface area contributed by atoms with Crippen molar-refractivity contribution in [2.45, 2.75) is 18.8 Å². The predicted molar refractivity (Wildman–Crippen MR) is 62.5 cm³/mol. The Morgan fingerprint density at radius 3 is 2.35 bits per heavy atom. The second kappa shape index (κ2) is 6.00. The van der Waals surface area contributed by atoms with E-state index in [4.69, 9.17) is 20.7 Å². The fourth-order valence-corrected chi connectivity index (χ4v) is 1.62. The van der Waals surface area contributed by atoms with E-state index in [-0.39, 0.29) is 30.9 Å². The van der Waals surface area contributed by atoms with Crippen molar-refractivity contribution in [1.82, 2.24) is 0 Å². The lowest BCUT2D eigenvalue weighted by Crippen LogP contribution is -2.17. The third-order valence-corrected chi connectivity index (χ3v) is 2.48. The fourth-order valence-electron chi connectivity index (χ4n) is 1.62. The number of carboxylic acids is 1. The van der Waals surface area contributed by atoms with E-state index in [1.54, 1.807) is 12.1 Å². The van der Waals surface area contributed by atoms with Crippen LogP contribution in [-0.4, -0.2) is 33.6 Å². The first-order chi connectivity index (χ1) is 8.04. The number of rotatable bonds is 6. The molecule has 1 aromatic rings. The van der Waals surface area contributed by atoms with Gasteiger partial charge in [-0.3, -0.25) is 4.79 Å². The minimum atomic E-state index is -0.995. The van der Waals surface area contributed by atoms with Crippen molar-refractivity contribution in [2.75, 3.05) is 6.61 Å². The van der Waals surface area contributed by atoms with Crippen molar-refractivity contribution in [1.29, 1.82) is 5.41 Å². The average Bonchev–Trinajstić information content (AvgIpc) is 2.27. The lowest BCUT2D eigenvalue weighted by molar-refractivity contribution is -0.137. The summed E-state index contributed by atoms with van der Waals surface area (Å²) < 4.78 is 0. The molecule has 0 spiro atoms. The summed E-state index contributed by atoms with van der Waals surface area (Å²) >= 11 is 0. The molecule has 0 aliphatic heterocycles. The zero-order chi connectivity index (χ0) is 12.8. The van der Waals surface area contributed by atoms with E-state index in [0.29, 0.717) is 5.56 Å². The van der Waals surface area contributed by atoms with Crippen molar-refractivity contribution in [3.8, 4) is 5.75 Å². The Labute approximate surface area is 98.9 Å². The van der Waals surface area contributed by atoms with E-state index in [1.807, 2.05) is 0 Å². The second-order valence-electron chi connectivity index (χ2n) is 3.74. The molecule has 1 rings (SSSR count). The van der Waals surface area contributed by atoms with E-state index >= 15 is 0 Å². The molecule has 17 heavy (non-hydrogen) atoms. The van der Waals surface area contributed by atoms with Crippen LogP contribution in [0.1, 0.15) is 24.3 Å². The molecule has 5 nitrogen and oxygen atoms in total. The van der Waals surface area contributed by atoms with Crippen LogP contribution in [0.3, 0.4) is 0 Å². The van der Waals surface area contributed by atoms with Gasteiger partial charge >= 0.3 is 5.97 Å². The Morgan fingerprint density at radius 2 is 1.88 bits per heavy atom. The standard InChI is InChI=1S/C12H15NO4/c13-11(5-6-14)10(7-12(16)17)8-1-3-9(15)4-2-8/h1-4,10,13-15H,5-7H2,(H,16,17). The van der Waals surface area contributed by atoms with Gasteiger partial charge in [0.1, 0.15) is 5.75 Å². The number of hydrogen-bond donors (Lipinski definition) is 4. The lowest BCUT2D eigenvalue weighted by atomic mass is 9.89. The van der Waals surface area contributed by atoms with E-state index in [1.165, 1.54) is 12.1 Å². The van der Waals surface area contributed by atoms with Gasteiger partial charge in [-0.05, 0) is 17.7 Å². The number of aliphatic hydroxyl groups is 1. The summed E-state index contributed by atoms with van der Waals surface area (Å²) in [5.41, 5.74) is 0.837. The predicted octanol–water partition coefficient (Wildman–Crippen LogP) is 1.35. The van der Waals surface area contributed by atoms with Crippen molar-refractivity contribution in [2.24, 2.45) is 0 Å². The van der Waals surface area contributed by atoms with Crippen molar-refractivity contribution >= 4 is 11.7 Å². The maximum absolute atomic E-state index is 10.8. The summed E-state index contributed by atoms with van der Waals surface area (Å²) in [6.07, 6.45) is -0.0393. The summed E-state index contributed by atoms with van der Waals surface area (Å²) in [5.74, 6) is -1.46. The number of nitrogens with one attached hydrogen (secondary N) is 1. The first-order valence-electron chi connectivity index (χ1n) is 5.23. The Hall–Kier alpha value is -1.88. The van der Waals surface area contributed by atoms with Crippen LogP contribution in [0.25, 0.3) is 0 Å². The second-order valence-corrected chi connectivity index (χ2v) is 3.74. The highest BCUT2D eigenvalue weighted by atomic mass is 16.4. The minimum absolute atomic E-state index is 0.0940. The third-order valence-electron chi connectivity index (χ3n) is 2.48. The smallest absolute Gasteiger partial charge is 0.304 e. The van der Waals surface area contributed by atoms with E-state index < -0.39 is 11.9 Å². The number of aliphatic hydroxyl groups excluding tert-OH is 1. The number of benzene rings is 1. The van der Waals surface area contributed by atoms with Crippen molar-refractivity contribution in [3.63, 3.8) is 0 Å². The highest BCUT2D eigenvalue weighted by molar-refractivity contribution is 5.91. The Bertz CT molecular complexity index is 399. The van der Waals surface area contributed by atoms with Gasteiger partial charge in [0.05, 0.1) is 6.42 Å². The molecule has 1 unspecified atom stereocenters. The number of carboxylic acid groups (broad SMARTS) is 1. The van der Waals surface area contributed by atoms with Crippen LogP contribution < -0.4 is 0 Å². The van der Waals surface area contributed by atoms with Gasteiger partial charge in [0.15, 0.2) is 0 Å². The molecule has 1 aromatic carbocycles. The highest BCUT2D eigenvalue weighted by Gasteiger charge is 2.20. The molecule has 0 radical (unpaired) electrons. The zero-order valence-electron chi connectivity index (χ0n) is 9.26. The first-order valence-corrected chi connectivity index (χ1v) is 5.23. The topological polar surface area (TPSA) is 102 Å². The van der Waals surface area contributed by atoms with Gasteiger partial charge in [0.25, 0.3) is 0 Å². The molecule has 5 heteroatoms. The van der Waals surface area contributed by atoms with Crippen LogP contribution >= 0.6 is 0 Å². The van der Waals surface area contributed by atoms with Crippen LogP contribution in [0.15, 0.2) is 24.3 Å². The number of phenols is 1. The van der Waals surface area contributed by atoms with E-state index in [9.17, 15) is 4.79 Å². The maximum atomic E-state index is 10.8. The summed E-state index contributed by atoms with van der Waals surface area (Å²) in [7, 11) is 0. The monoisotopic (exact) mass is 237 g/mol. The molecule has 0 aromatic heterocycles. The van der Waals surface area contributed by atoms with Gasteiger partial charge < -0.3 is 20.7 Å². The Morgan fingerprint density at radius 1 is 1.29 bits per heavy atom.